The summed E-state index contributed by atoms with van der Waals surface area (Å²) in [4.78, 5) is 45.5. The Morgan fingerprint density at radius 3 is 2.81 bits per heavy atom. The van der Waals surface area contributed by atoms with E-state index in [-0.39, 0.29) is 22.5 Å². The molecule has 2 N–H and O–H groups in total. The normalized spacial score (nSPS) is 13.9. The van der Waals surface area contributed by atoms with E-state index in [1.165, 1.54) is 4.57 Å². The second-order valence-electron chi connectivity index (χ2n) is 6.78. The molecule has 0 aliphatic heterocycles. The number of rotatable bonds is 5. The first-order chi connectivity index (χ1) is 13.0. The zero-order valence-corrected chi connectivity index (χ0v) is 16.0. The standard InChI is InChI=1S/C19H20N4O3S/c1-3-23-16-15(18(25)22-19(23)26)12(8-13(21-16)11-4-5-11)17(24)20-9-14-10(2)6-7-27-14/h6-8,11H,3-5,9H2,1-2H3,(H,20,24)(H,22,25,26). The molecule has 8 heteroatoms. The Kier molecular flexibility index (Phi) is 4.43. The summed E-state index contributed by atoms with van der Waals surface area (Å²) in [6.45, 7) is 4.57. The Bertz CT molecular complexity index is 1150. The van der Waals surface area contributed by atoms with Gasteiger partial charge in [-0.2, -0.15) is 0 Å². The number of hydrogen-bond donors (Lipinski definition) is 2. The summed E-state index contributed by atoms with van der Waals surface area (Å²) >= 11 is 1.58. The van der Waals surface area contributed by atoms with Crippen molar-refractivity contribution in [3.05, 3.63) is 60.0 Å². The third-order valence-corrected chi connectivity index (χ3v) is 5.93. The fourth-order valence-electron chi connectivity index (χ4n) is 3.20. The van der Waals surface area contributed by atoms with Crippen molar-refractivity contribution >= 4 is 28.3 Å². The number of amides is 1. The van der Waals surface area contributed by atoms with Crippen LogP contribution in [-0.4, -0.2) is 20.4 Å². The number of carbonyl (C=O) groups excluding carboxylic acids is 1. The van der Waals surface area contributed by atoms with Gasteiger partial charge in [0.1, 0.15) is 0 Å². The van der Waals surface area contributed by atoms with Crippen molar-refractivity contribution in [2.45, 2.75) is 45.7 Å². The quantitative estimate of drug-likeness (QED) is 0.705. The van der Waals surface area contributed by atoms with Crippen LogP contribution in [-0.2, 0) is 13.1 Å². The fraction of sp³-hybridized carbons (Fsp3) is 0.368. The molecule has 27 heavy (non-hydrogen) atoms. The number of aromatic amines is 1. The Labute approximate surface area is 159 Å². The molecule has 7 nitrogen and oxygen atoms in total. The highest BCUT2D eigenvalue weighted by atomic mass is 32.1. The van der Waals surface area contributed by atoms with Crippen molar-refractivity contribution in [3.63, 3.8) is 0 Å². The molecular weight excluding hydrogens is 364 g/mol. The van der Waals surface area contributed by atoms with Gasteiger partial charge in [0, 0.05) is 23.0 Å². The summed E-state index contributed by atoms with van der Waals surface area (Å²) in [5, 5.41) is 5.05. The van der Waals surface area contributed by atoms with Gasteiger partial charge in [0.2, 0.25) is 0 Å². The maximum atomic E-state index is 12.9. The number of carbonyl (C=O) groups is 1. The number of nitrogens with zero attached hydrogens (tertiary/aromatic N) is 2. The predicted molar refractivity (Wildman–Crippen MR) is 104 cm³/mol. The van der Waals surface area contributed by atoms with Crippen LogP contribution < -0.4 is 16.6 Å². The van der Waals surface area contributed by atoms with Gasteiger partial charge in [-0.25, -0.2) is 9.78 Å². The van der Waals surface area contributed by atoms with E-state index >= 15 is 0 Å². The van der Waals surface area contributed by atoms with Gasteiger partial charge >= 0.3 is 5.69 Å². The Morgan fingerprint density at radius 2 is 2.19 bits per heavy atom. The van der Waals surface area contributed by atoms with Gasteiger partial charge in [-0.05, 0) is 49.8 Å². The van der Waals surface area contributed by atoms with Crippen LogP contribution in [0.5, 0.6) is 0 Å². The van der Waals surface area contributed by atoms with E-state index in [0.29, 0.717) is 19.0 Å². The van der Waals surface area contributed by atoms with Crippen LogP contribution in [0, 0.1) is 6.92 Å². The maximum Gasteiger partial charge on any atom is 0.329 e. The van der Waals surface area contributed by atoms with Crippen molar-refractivity contribution in [2.75, 3.05) is 0 Å². The largest absolute Gasteiger partial charge is 0.347 e. The van der Waals surface area contributed by atoms with Gasteiger partial charge in [0.05, 0.1) is 17.5 Å². The Hall–Kier alpha value is -2.74. The molecule has 1 fully saturated rings. The molecule has 1 aliphatic rings. The Balaban J connectivity index is 1.83. The van der Waals surface area contributed by atoms with Crippen LogP contribution in [0.4, 0.5) is 0 Å². The molecular formula is C19H20N4O3S. The summed E-state index contributed by atoms with van der Waals surface area (Å²) < 4.78 is 1.41. The van der Waals surface area contributed by atoms with Crippen molar-refractivity contribution in [1.82, 2.24) is 19.9 Å². The lowest BCUT2D eigenvalue weighted by molar-refractivity contribution is 0.0952. The smallest absolute Gasteiger partial charge is 0.329 e. The molecule has 1 aliphatic carbocycles. The highest BCUT2D eigenvalue weighted by molar-refractivity contribution is 7.10. The molecule has 0 unspecified atom stereocenters. The van der Waals surface area contributed by atoms with Crippen LogP contribution >= 0.6 is 11.3 Å². The molecule has 3 aromatic rings. The van der Waals surface area contributed by atoms with Gasteiger partial charge < -0.3 is 5.32 Å². The van der Waals surface area contributed by atoms with Crippen LogP contribution in [0.1, 0.15) is 52.2 Å². The summed E-state index contributed by atoms with van der Waals surface area (Å²) in [6.07, 6.45) is 2.01. The first-order valence-corrected chi connectivity index (χ1v) is 9.86. The van der Waals surface area contributed by atoms with E-state index in [1.807, 2.05) is 25.3 Å². The van der Waals surface area contributed by atoms with Crippen LogP contribution in [0.25, 0.3) is 11.0 Å². The van der Waals surface area contributed by atoms with Crippen LogP contribution in [0.15, 0.2) is 27.1 Å². The van der Waals surface area contributed by atoms with Crippen molar-refractivity contribution in [3.8, 4) is 0 Å². The lowest BCUT2D eigenvalue weighted by Gasteiger charge is -2.12. The fourth-order valence-corrected chi connectivity index (χ4v) is 4.04. The van der Waals surface area contributed by atoms with Gasteiger partial charge in [-0.3, -0.25) is 19.1 Å². The molecule has 0 bridgehead atoms. The summed E-state index contributed by atoms with van der Waals surface area (Å²) in [5.74, 6) is -0.0379. The van der Waals surface area contributed by atoms with Gasteiger partial charge in [0.15, 0.2) is 5.65 Å². The minimum absolute atomic E-state index is 0.168. The molecule has 3 aromatic heterocycles. The Morgan fingerprint density at radius 1 is 1.41 bits per heavy atom. The zero-order valence-electron chi connectivity index (χ0n) is 15.2. The molecule has 0 spiro atoms. The van der Waals surface area contributed by atoms with E-state index in [2.05, 4.69) is 15.3 Å². The number of hydrogen-bond acceptors (Lipinski definition) is 5. The molecule has 140 valence electrons. The second kappa shape index (κ2) is 6.77. The monoisotopic (exact) mass is 384 g/mol. The van der Waals surface area contributed by atoms with E-state index < -0.39 is 11.2 Å². The maximum absolute atomic E-state index is 12.9. The highest BCUT2D eigenvalue weighted by Gasteiger charge is 2.28. The molecule has 0 atom stereocenters. The summed E-state index contributed by atoms with van der Waals surface area (Å²) in [7, 11) is 0. The van der Waals surface area contributed by atoms with E-state index in [0.717, 1.165) is 29.0 Å². The van der Waals surface area contributed by atoms with Crippen molar-refractivity contribution < 1.29 is 4.79 Å². The van der Waals surface area contributed by atoms with Gasteiger partial charge in [-0.1, -0.05) is 0 Å². The topological polar surface area (TPSA) is 96.9 Å². The average molecular weight is 384 g/mol. The number of thiophene rings is 1. The first kappa shape index (κ1) is 17.7. The predicted octanol–water partition coefficient (Wildman–Crippen LogP) is 2.28. The SMILES string of the molecule is CCn1c(=O)[nH]c(=O)c2c(C(=O)NCc3sccc3C)cc(C3CC3)nc21. The second-order valence-corrected chi connectivity index (χ2v) is 7.78. The summed E-state index contributed by atoms with van der Waals surface area (Å²) in [6, 6.07) is 3.71. The van der Waals surface area contributed by atoms with Gasteiger partial charge in [-0.15, -0.1) is 11.3 Å². The van der Waals surface area contributed by atoms with E-state index in [4.69, 9.17) is 0 Å². The number of aryl methyl sites for hydroxylation is 2. The molecule has 1 saturated carbocycles. The zero-order chi connectivity index (χ0) is 19.1. The van der Waals surface area contributed by atoms with Gasteiger partial charge in [0.25, 0.3) is 11.5 Å². The van der Waals surface area contributed by atoms with Crippen LogP contribution in [0.3, 0.4) is 0 Å². The van der Waals surface area contributed by atoms with Crippen molar-refractivity contribution in [1.29, 1.82) is 0 Å². The minimum atomic E-state index is -0.577. The molecule has 0 aromatic carbocycles. The first-order valence-electron chi connectivity index (χ1n) is 8.98. The number of H-pyrrole nitrogens is 1. The lowest BCUT2D eigenvalue weighted by atomic mass is 10.1. The molecule has 1 amide bonds. The number of aromatic nitrogens is 3. The number of nitrogens with one attached hydrogen (secondary N) is 2. The minimum Gasteiger partial charge on any atom is -0.347 e. The molecule has 4 rings (SSSR count). The van der Waals surface area contributed by atoms with Crippen LogP contribution in [0.2, 0.25) is 0 Å². The highest BCUT2D eigenvalue weighted by Crippen LogP contribution is 2.39. The van der Waals surface area contributed by atoms with E-state index in [9.17, 15) is 14.4 Å². The number of pyridine rings is 1. The molecule has 3 heterocycles. The third kappa shape index (κ3) is 3.21. The average Bonchev–Trinajstić information content (AvgIpc) is 3.41. The molecule has 0 radical (unpaired) electrons. The lowest BCUT2D eigenvalue weighted by Crippen LogP contribution is -2.33. The molecule has 0 saturated heterocycles. The third-order valence-electron chi connectivity index (χ3n) is 4.90. The van der Waals surface area contributed by atoms with Crippen molar-refractivity contribution in [2.24, 2.45) is 0 Å². The van der Waals surface area contributed by atoms with E-state index in [1.54, 1.807) is 17.4 Å². The summed E-state index contributed by atoms with van der Waals surface area (Å²) in [5.41, 5.74) is 1.37. The number of fused-ring (bicyclic) bond motifs is 1.